The summed E-state index contributed by atoms with van der Waals surface area (Å²) in [6.07, 6.45) is 0. The van der Waals surface area contributed by atoms with Crippen LogP contribution in [0.5, 0.6) is 0 Å². The van der Waals surface area contributed by atoms with Crippen LogP contribution in [0.25, 0.3) is 0 Å². The molecule has 4 heteroatoms. The largest absolute Gasteiger partial charge is 0.394 e. The number of nitrogens with zero attached hydrogens (tertiary/aromatic N) is 1. The summed E-state index contributed by atoms with van der Waals surface area (Å²) in [5.74, 6) is -0.506. The Hall–Kier alpha value is -1.39. The summed E-state index contributed by atoms with van der Waals surface area (Å²) in [6.45, 7) is -0.380. The topological polar surface area (TPSA) is 77.4 Å². The third-order valence-corrected chi connectivity index (χ3v) is 1.51. The average Bonchev–Trinajstić information content (AvgIpc) is 2.18. The maximum atomic E-state index is 11.1. The van der Waals surface area contributed by atoms with Crippen LogP contribution in [0.2, 0.25) is 0 Å². The molecule has 0 bridgehead atoms. The van der Waals surface area contributed by atoms with Gasteiger partial charge in [-0.3, -0.25) is 4.79 Å². The van der Waals surface area contributed by atoms with Crippen molar-refractivity contribution in [2.24, 2.45) is 5.73 Å². The number of rotatable bonds is 3. The Labute approximate surface area is 76.4 Å². The molecule has 0 aliphatic heterocycles. The van der Waals surface area contributed by atoms with Crippen LogP contribution >= 0.6 is 0 Å². The number of amides is 1. The van der Waals surface area contributed by atoms with E-state index in [1.54, 1.807) is 24.3 Å². The van der Waals surface area contributed by atoms with Gasteiger partial charge in [-0.15, -0.1) is 0 Å². The highest BCUT2D eigenvalue weighted by atomic mass is 16.3. The summed E-state index contributed by atoms with van der Waals surface area (Å²) < 4.78 is 0. The number of para-hydroxylation sites is 1. The molecule has 0 aliphatic rings. The molecule has 13 heavy (non-hydrogen) atoms. The molecule has 1 atom stereocenters. The van der Waals surface area contributed by atoms with Gasteiger partial charge in [-0.2, -0.15) is 0 Å². The normalized spacial score (nSPS) is 12.2. The Morgan fingerprint density at radius 1 is 1.46 bits per heavy atom. The summed E-state index contributed by atoms with van der Waals surface area (Å²) >= 11 is 0. The van der Waals surface area contributed by atoms with Crippen molar-refractivity contribution in [2.75, 3.05) is 6.61 Å². The van der Waals surface area contributed by atoms with Crippen molar-refractivity contribution >= 4 is 11.6 Å². The zero-order valence-corrected chi connectivity index (χ0v) is 7.05. The van der Waals surface area contributed by atoms with E-state index in [-0.39, 0.29) is 6.61 Å². The zero-order chi connectivity index (χ0) is 9.68. The van der Waals surface area contributed by atoms with Crippen molar-refractivity contribution in [1.82, 2.24) is 5.32 Å². The van der Waals surface area contributed by atoms with E-state index in [1.165, 1.54) is 0 Å². The highest BCUT2D eigenvalue weighted by molar-refractivity contribution is 5.85. The summed E-state index contributed by atoms with van der Waals surface area (Å²) in [5.41, 5.74) is 5.82. The molecule has 1 amide bonds. The van der Waals surface area contributed by atoms with Crippen molar-refractivity contribution in [3.63, 3.8) is 0 Å². The fourth-order valence-corrected chi connectivity index (χ4v) is 0.791. The molecule has 1 aromatic rings. The maximum Gasteiger partial charge on any atom is 0.265 e. The second kappa shape index (κ2) is 4.59. The summed E-state index contributed by atoms with van der Waals surface area (Å²) in [4.78, 5) is 11.1. The minimum Gasteiger partial charge on any atom is -0.394 e. The first-order valence-corrected chi connectivity index (χ1v) is 3.91. The highest BCUT2D eigenvalue weighted by Gasteiger charge is 2.13. The van der Waals surface area contributed by atoms with Gasteiger partial charge in [0, 0.05) is 0 Å². The van der Waals surface area contributed by atoms with E-state index in [0.717, 1.165) is 0 Å². The zero-order valence-electron chi connectivity index (χ0n) is 7.05. The van der Waals surface area contributed by atoms with Crippen LogP contribution in [0.15, 0.2) is 30.3 Å². The minimum absolute atomic E-state index is 0.380. The van der Waals surface area contributed by atoms with Gasteiger partial charge in [-0.1, -0.05) is 18.2 Å². The third-order valence-electron chi connectivity index (χ3n) is 1.51. The molecule has 0 unspecified atom stereocenters. The van der Waals surface area contributed by atoms with Crippen LogP contribution in [0, 0.1) is 0 Å². The molecule has 1 aromatic carbocycles. The molecule has 0 aromatic heterocycles. The molecule has 3 N–H and O–H groups in total. The molecular formula is C9H11N2O2. The monoisotopic (exact) mass is 179 g/mol. The summed E-state index contributed by atoms with van der Waals surface area (Å²) in [7, 11) is 0. The number of hydrogen-bond donors (Lipinski definition) is 2. The van der Waals surface area contributed by atoms with Crippen LogP contribution in [-0.4, -0.2) is 23.7 Å². The van der Waals surface area contributed by atoms with Gasteiger partial charge in [0.15, 0.2) is 0 Å². The molecule has 0 aliphatic carbocycles. The van der Waals surface area contributed by atoms with Gasteiger partial charge in [0.05, 0.1) is 12.3 Å². The van der Waals surface area contributed by atoms with E-state index in [2.05, 4.69) is 5.32 Å². The quantitative estimate of drug-likeness (QED) is 0.672. The number of carbonyl (C=O) groups excluding carboxylic acids is 1. The Morgan fingerprint density at radius 2 is 2.08 bits per heavy atom. The lowest BCUT2D eigenvalue weighted by atomic mass is 10.3. The lowest BCUT2D eigenvalue weighted by Gasteiger charge is -2.05. The van der Waals surface area contributed by atoms with Crippen LogP contribution in [0.3, 0.4) is 0 Å². The molecular weight excluding hydrogens is 168 g/mol. The first kappa shape index (κ1) is 9.70. The number of carbonyl (C=O) groups is 1. The minimum atomic E-state index is -0.916. The summed E-state index contributed by atoms with van der Waals surface area (Å²) in [5, 5.41) is 12.3. The Balaban J connectivity index is 2.55. The molecule has 0 saturated carbocycles. The van der Waals surface area contributed by atoms with Gasteiger partial charge in [0.25, 0.3) is 5.91 Å². The van der Waals surface area contributed by atoms with Gasteiger partial charge in [0.1, 0.15) is 6.04 Å². The van der Waals surface area contributed by atoms with E-state index in [1.807, 2.05) is 6.07 Å². The highest BCUT2D eigenvalue weighted by Crippen LogP contribution is 2.05. The SMILES string of the molecule is N[C@@H](CO)C(=O)[N]c1ccccc1. The first-order valence-electron chi connectivity index (χ1n) is 3.91. The van der Waals surface area contributed by atoms with Crippen molar-refractivity contribution in [3.8, 4) is 0 Å². The van der Waals surface area contributed by atoms with Crippen molar-refractivity contribution in [2.45, 2.75) is 6.04 Å². The molecule has 4 nitrogen and oxygen atoms in total. The molecule has 0 spiro atoms. The lowest BCUT2D eigenvalue weighted by molar-refractivity contribution is -0.122. The van der Waals surface area contributed by atoms with Crippen molar-refractivity contribution in [3.05, 3.63) is 30.3 Å². The fraction of sp³-hybridized carbons (Fsp3) is 0.222. The number of hydrogen-bond acceptors (Lipinski definition) is 3. The van der Waals surface area contributed by atoms with E-state index >= 15 is 0 Å². The van der Waals surface area contributed by atoms with E-state index in [0.29, 0.717) is 5.69 Å². The Bertz CT molecular complexity index is 274. The second-order valence-electron chi connectivity index (χ2n) is 2.57. The third kappa shape index (κ3) is 2.85. The van der Waals surface area contributed by atoms with Crippen molar-refractivity contribution < 1.29 is 9.90 Å². The van der Waals surface area contributed by atoms with Gasteiger partial charge >= 0.3 is 0 Å². The van der Waals surface area contributed by atoms with Crippen LogP contribution in [0.4, 0.5) is 5.69 Å². The first-order chi connectivity index (χ1) is 6.24. The number of aliphatic hydroxyl groups is 1. The van der Waals surface area contributed by atoms with Crippen LogP contribution in [-0.2, 0) is 4.79 Å². The predicted octanol–water partition coefficient (Wildman–Crippen LogP) is -0.231. The Kier molecular flexibility index (Phi) is 3.42. The van der Waals surface area contributed by atoms with Gasteiger partial charge in [-0.05, 0) is 12.1 Å². The summed E-state index contributed by atoms with van der Waals surface area (Å²) in [6, 6.07) is 7.85. The Morgan fingerprint density at radius 3 is 2.62 bits per heavy atom. The molecule has 0 fully saturated rings. The number of aliphatic hydroxyl groups excluding tert-OH is 1. The van der Waals surface area contributed by atoms with Crippen molar-refractivity contribution in [1.29, 1.82) is 0 Å². The lowest BCUT2D eigenvalue weighted by Crippen LogP contribution is -2.38. The molecule has 1 radical (unpaired) electrons. The smallest absolute Gasteiger partial charge is 0.265 e. The molecule has 0 heterocycles. The van der Waals surface area contributed by atoms with Crippen LogP contribution < -0.4 is 11.1 Å². The second-order valence-corrected chi connectivity index (χ2v) is 2.57. The molecule has 0 saturated heterocycles. The van der Waals surface area contributed by atoms with E-state index < -0.39 is 11.9 Å². The predicted molar refractivity (Wildman–Crippen MR) is 48.3 cm³/mol. The van der Waals surface area contributed by atoms with Gasteiger partial charge < -0.3 is 10.8 Å². The van der Waals surface area contributed by atoms with E-state index in [4.69, 9.17) is 10.8 Å². The fourth-order valence-electron chi connectivity index (χ4n) is 0.791. The van der Waals surface area contributed by atoms with E-state index in [9.17, 15) is 4.79 Å². The van der Waals surface area contributed by atoms with Gasteiger partial charge in [-0.25, -0.2) is 5.32 Å². The maximum absolute atomic E-state index is 11.1. The number of benzene rings is 1. The average molecular weight is 179 g/mol. The number of nitrogens with two attached hydrogens (primary N) is 1. The van der Waals surface area contributed by atoms with Gasteiger partial charge in [0.2, 0.25) is 0 Å². The molecule has 1 rings (SSSR count). The standard InChI is InChI=1S/C9H11N2O2/c10-8(6-12)9(13)11-7-4-2-1-3-5-7/h1-5,8,12H,6,10H2/t8-/m0/s1. The molecule has 69 valence electrons. The van der Waals surface area contributed by atoms with Crippen LogP contribution in [0.1, 0.15) is 0 Å².